The van der Waals surface area contributed by atoms with Crippen molar-refractivity contribution >= 4 is 33.5 Å². The van der Waals surface area contributed by atoms with Crippen molar-refractivity contribution in [3.05, 3.63) is 36.7 Å². The minimum Gasteiger partial charge on any atom is -0.383 e. The van der Waals surface area contributed by atoms with E-state index < -0.39 is 11.9 Å². The molecule has 1 unspecified atom stereocenters. The Balaban J connectivity index is 1.95. The molecule has 120 valence electrons. The number of carbonyl (C=O) groups excluding carboxylic acids is 1. The van der Waals surface area contributed by atoms with E-state index in [1.54, 1.807) is 19.3 Å². The smallest absolute Gasteiger partial charge is 0.241 e. The summed E-state index contributed by atoms with van der Waals surface area (Å²) in [4.78, 5) is 15.9. The van der Waals surface area contributed by atoms with Gasteiger partial charge >= 0.3 is 0 Å². The summed E-state index contributed by atoms with van der Waals surface area (Å²) in [6.07, 6.45) is 3.40. The number of H-pyrrole nitrogens is 1. The Labute approximate surface area is 136 Å². The molecule has 0 aliphatic heterocycles. The fraction of sp³-hybridized carbons (Fsp3) is 0.125. The number of amides is 1. The Morgan fingerprint density at radius 3 is 2.83 bits per heavy atom. The van der Waals surface area contributed by atoms with Gasteiger partial charge in [0, 0.05) is 23.3 Å². The van der Waals surface area contributed by atoms with Gasteiger partial charge < -0.3 is 11.5 Å². The highest BCUT2D eigenvalue weighted by Crippen LogP contribution is 2.30. The highest BCUT2D eigenvalue weighted by molar-refractivity contribution is 6.08. The van der Waals surface area contributed by atoms with Crippen LogP contribution in [0, 0.1) is 0 Å². The number of aromatic nitrogens is 5. The van der Waals surface area contributed by atoms with E-state index in [-0.39, 0.29) is 0 Å². The second kappa shape index (κ2) is 5.05. The molecule has 3 heterocycles. The first-order chi connectivity index (χ1) is 11.5. The van der Waals surface area contributed by atoms with Crippen LogP contribution in [0.1, 0.15) is 13.0 Å². The predicted molar refractivity (Wildman–Crippen MR) is 90.9 cm³/mol. The fourth-order valence-corrected chi connectivity index (χ4v) is 2.71. The first-order valence-electron chi connectivity index (χ1n) is 7.42. The quantitative estimate of drug-likeness (QED) is 0.528. The normalized spacial score (nSPS) is 12.7. The molecule has 8 nitrogen and oxygen atoms in total. The van der Waals surface area contributed by atoms with Crippen LogP contribution in [0.15, 0.2) is 36.7 Å². The monoisotopic (exact) mass is 321 g/mol. The van der Waals surface area contributed by atoms with Gasteiger partial charge in [-0.25, -0.2) is 4.98 Å². The van der Waals surface area contributed by atoms with Gasteiger partial charge in [-0.15, -0.1) is 0 Å². The molecule has 0 bridgehead atoms. The molecule has 0 saturated heterocycles. The Hall–Kier alpha value is -3.42. The summed E-state index contributed by atoms with van der Waals surface area (Å²) in [5.41, 5.74) is 14.7. The van der Waals surface area contributed by atoms with E-state index in [1.165, 1.54) is 4.68 Å². The minimum atomic E-state index is -0.559. The molecule has 0 fully saturated rings. The lowest BCUT2D eigenvalue weighted by molar-refractivity contribution is -0.120. The zero-order chi connectivity index (χ0) is 16.8. The number of fused-ring (bicyclic) bond motifs is 3. The van der Waals surface area contributed by atoms with Crippen molar-refractivity contribution in [3.8, 4) is 11.3 Å². The van der Waals surface area contributed by atoms with Gasteiger partial charge in [-0.05, 0) is 25.1 Å². The first kappa shape index (κ1) is 14.2. The van der Waals surface area contributed by atoms with E-state index >= 15 is 0 Å². The second-order valence-electron chi connectivity index (χ2n) is 5.65. The molecule has 1 amide bonds. The summed E-state index contributed by atoms with van der Waals surface area (Å²) < 4.78 is 1.52. The number of pyridine rings is 1. The molecule has 4 rings (SSSR count). The van der Waals surface area contributed by atoms with Crippen molar-refractivity contribution in [2.45, 2.75) is 13.0 Å². The van der Waals surface area contributed by atoms with Crippen LogP contribution in [0.3, 0.4) is 0 Å². The Bertz CT molecular complexity index is 1070. The molecule has 0 saturated carbocycles. The Morgan fingerprint density at radius 2 is 2.12 bits per heavy atom. The number of anilines is 1. The number of nitrogens with two attached hydrogens (primary N) is 2. The standard InChI is InChI=1S/C16H15N7O/c1-8(16(18)24)23-7-11-14(22-23)10-3-2-9(12-4-5-19-21-12)6-13(10)20-15(11)17/h2-8H,1H3,(H2,17,20)(H2,18,24)(H,19,21). The number of carbonyl (C=O) groups is 1. The van der Waals surface area contributed by atoms with Crippen LogP contribution in [0.4, 0.5) is 5.82 Å². The van der Waals surface area contributed by atoms with Gasteiger partial charge in [0.05, 0.1) is 16.6 Å². The average Bonchev–Trinajstić information content (AvgIpc) is 3.23. The van der Waals surface area contributed by atoms with Crippen LogP contribution >= 0.6 is 0 Å². The lowest BCUT2D eigenvalue weighted by Gasteiger charge is -2.06. The third kappa shape index (κ3) is 2.08. The molecule has 5 N–H and O–H groups in total. The Morgan fingerprint density at radius 1 is 1.29 bits per heavy atom. The maximum Gasteiger partial charge on any atom is 0.241 e. The van der Waals surface area contributed by atoms with E-state index in [0.717, 1.165) is 22.2 Å². The maximum absolute atomic E-state index is 11.4. The summed E-state index contributed by atoms with van der Waals surface area (Å²) in [6.45, 7) is 1.69. The average molecular weight is 321 g/mol. The molecule has 0 radical (unpaired) electrons. The van der Waals surface area contributed by atoms with E-state index in [9.17, 15) is 4.79 Å². The topological polar surface area (TPSA) is 128 Å². The molecule has 4 aromatic rings. The number of benzene rings is 1. The molecule has 3 aromatic heterocycles. The maximum atomic E-state index is 11.4. The summed E-state index contributed by atoms with van der Waals surface area (Å²) in [5.74, 6) is -0.0950. The summed E-state index contributed by atoms with van der Waals surface area (Å²) in [7, 11) is 0. The van der Waals surface area contributed by atoms with E-state index in [0.29, 0.717) is 16.7 Å². The second-order valence-corrected chi connectivity index (χ2v) is 5.65. The first-order valence-corrected chi connectivity index (χ1v) is 7.42. The van der Waals surface area contributed by atoms with Gasteiger partial charge in [0.25, 0.3) is 0 Å². The lowest BCUT2D eigenvalue weighted by Crippen LogP contribution is -2.24. The lowest BCUT2D eigenvalue weighted by atomic mass is 10.1. The number of rotatable bonds is 3. The van der Waals surface area contributed by atoms with Crippen LogP contribution in [-0.4, -0.2) is 30.9 Å². The zero-order valence-electron chi connectivity index (χ0n) is 12.9. The molecule has 0 aliphatic rings. The summed E-state index contributed by atoms with van der Waals surface area (Å²) in [6, 6.07) is 7.15. The molecule has 0 aliphatic carbocycles. The fourth-order valence-electron chi connectivity index (χ4n) is 2.71. The van der Waals surface area contributed by atoms with Crippen LogP contribution in [0.25, 0.3) is 33.1 Å². The van der Waals surface area contributed by atoms with Crippen LogP contribution in [0.2, 0.25) is 0 Å². The number of nitrogens with one attached hydrogen (secondary N) is 1. The largest absolute Gasteiger partial charge is 0.383 e. The molecule has 1 aromatic carbocycles. The van der Waals surface area contributed by atoms with E-state index in [2.05, 4.69) is 20.3 Å². The Kier molecular flexibility index (Phi) is 2.99. The highest BCUT2D eigenvalue weighted by Gasteiger charge is 2.17. The van der Waals surface area contributed by atoms with Gasteiger partial charge in [-0.2, -0.15) is 10.2 Å². The predicted octanol–water partition coefficient (Wildman–Crippen LogP) is 1.60. The SMILES string of the molecule is CC(C(N)=O)n1cc2c(N)nc3cc(-c4ccn[nH]4)ccc3c2n1. The van der Waals surface area contributed by atoms with Crippen molar-refractivity contribution in [1.82, 2.24) is 25.0 Å². The van der Waals surface area contributed by atoms with Crippen LogP contribution in [0.5, 0.6) is 0 Å². The van der Waals surface area contributed by atoms with E-state index in [1.807, 2.05) is 24.3 Å². The number of nitrogens with zero attached hydrogens (tertiary/aromatic N) is 4. The molecular formula is C16H15N7O. The van der Waals surface area contributed by atoms with Gasteiger partial charge in [-0.1, -0.05) is 6.07 Å². The van der Waals surface area contributed by atoms with Gasteiger partial charge in [0.15, 0.2) is 0 Å². The summed E-state index contributed by atoms with van der Waals surface area (Å²) >= 11 is 0. The van der Waals surface area contributed by atoms with Crippen molar-refractivity contribution in [1.29, 1.82) is 0 Å². The van der Waals surface area contributed by atoms with Crippen LogP contribution < -0.4 is 11.5 Å². The molecule has 1 atom stereocenters. The third-order valence-electron chi connectivity index (χ3n) is 4.12. The molecule has 24 heavy (non-hydrogen) atoms. The number of primary amides is 1. The molecule has 0 spiro atoms. The van der Waals surface area contributed by atoms with E-state index in [4.69, 9.17) is 11.5 Å². The van der Waals surface area contributed by atoms with Gasteiger partial charge in [0.1, 0.15) is 17.4 Å². The summed E-state index contributed by atoms with van der Waals surface area (Å²) in [5, 5.41) is 12.9. The highest BCUT2D eigenvalue weighted by atomic mass is 16.1. The van der Waals surface area contributed by atoms with Gasteiger partial charge in [-0.3, -0.25) is 14.6 Å². The van der Waals surface area contributed by atoms with Crippen molar-refractivity contribution in [2.24, 2.45) is 5.73 Å². The van der Waals surface area contributed by atoms with Crippen molar-refractivity contribution in [3.63, 3.8) is 0 Å². The van der Waals surface area contributed by atoms with Crippen molar-refractivity contribution < 1.29 is 4.79 Å². The molecule has 8 heteroatoms. The number of nitrogen functional groups attached to an aromatic ring is 1. The zero-order valence-corrected chi connectivity index (χ0v) is 12.9. The number of aromatic amines is 1. The van der Waals surface area contributed by atoms with Gasteiger partial charge in [0.2, 0.25) is 5.91 Å². The number of hydrogen-bond acceptors (Lipinski definition) is 5. The van der Waals surface area contributed by atoms with Crippen LogP contribution in [-0.2, 0) is 4.79 Å². The number of hydrogen-bond donors (Lipinski definition) is 3. The van der Waals surface area contributed by atoms with Crippen molar-refractivity contribution in [2.75, 3.05) is 5.73 Å². The molecular weight excluding hydrogens is 306 g/mol. The third-order valence-corrected chi connectivity index (χ3v) is 4.12. The minimum absolute atomic E-state index is 0.363.